The Labute approximate surface area is 306 Å². The van der Waals surface area contributed by atoms with Crippen LogP contribution in [-0.2, 0) is 21.4 Å². The molecule has 1 aliphatic rings. The van der Waals surface area contributed by atoms with Crippen LogP contribution in [0.5, 0.6) is 0 Å². The Morgan fingerprint density at radius 3 is 2.52 bits per heavy atom. The van der Waals surface area contributed by atoms with Gasteiger partial charge in [-0.25, -0.2) is 23.1 Å². The molecule has 0 spiro atoms. The number of carboxylic acid groups (broad SMARTS) is 1. The zero-order valence-corrected chi connectivity index (χ0v) is 31.1. The Balaban J connectivity index is 1.26. The number of carbonyl (C=O) groups excluding carboxylic acids is 1. The number of amides is 1. The molecule has 1 aliphatic carbocycles. The number of hydrogen-bond donors (Lipinski definition) is 3. The number of nitrogens with one attached hydrogen (secondary N) is 2. The Morgan fingerprint density at radius 2 is 1.77 bits per heavy atom. The molecule has 1 aromatic carbocycles. The maximum Gasteiger partial charge on any atom is 0.303 e. The summed E-state index contributed by atoms with van der Waals surface area (Å²) in [5.74, 6) is -0.225. The van der Waals surface area contributed by atoms with Crippen molar-refractivity contribution in [3.63, 3.8) is 0 Å². The summed E-state index contributed by atoms with van der Waals surface area (Å²) in [6.07, 6.45) is 8.62. The first-order valence-electron chi connectivity index (χ1n) is 17.5. The first-order valence-corrected chi connectivity index (χ1v) is 20.0. The zero-order valence-electron chi connectivity index (χ0n) is 29.5. The molecule has 0 saturated heterocycles. The van der Waals surface area contributed by atoms with Gasteiger partial charge in [0.2, 0.25) is 10.0 Å². The molecule has 3 N–H and O–H groups in total. The predicted octanol–water partition coefficient (Wildman–Crippen LogP) is 6.76. The van der Waals surface area contributed by atoms with Crippen molar-refractivity contribution >= 4 is 66.0 Å². The largest absolute Gasteiger partial charge is 0.481 e. The SMILES string of the molecule is Cc1cc(N(C)c2ccc(-c3cnn(CC4CCCCC4)c3C)c(C(=O)NS(=O)(=O)CCCCCC(=O)O)n2)nnc1Nc1nc2ccccc2s1. The van der Waals surface area contributed by atoms with Gasteiger partial charge in [-0.3, -0.25) is 14.3 Å². The molecule has 0 radical (unpaired) electrons. The van der Waals surface area contributed by atoms with Crippen molar-refractivity contribution in [1.82, 2.24) is 34.7 Å². The van der Waals surface area contributed by atoms with E-state index in [0.717, 1.165) is 40.9 Å². The minimum atomic E-state index is -4.04. The number of anilines is 4. The second kappa shape index (κ2) is 16.2. The number of nitrogens with zero attached hydrogens (tertiary/aromatic N) is 7. The molecule has 1 fully saturated rings. The Hall–Kier alpha value is -4.96. The molecule has 0 unspecified atom stereocenters. The summed E-state index contributed by atoms with van der Waals surface area (Å²) in [6.45, 7) is 4.63. The molecule has 6 rings (SSSR count). The van der Waals surface area contributed by atoms with E-state index in [-0.39, 0.29) is 24.3 Å². The number of fused-ring (bicyclic) bond motifs is 1. The zero-order chi connectivity index (χ0) is 36.8. The molecular formula is C36H43N9O5S2. The summed E-state index contributed by atoms with van der Waals surface area (Å²) in [7, 11) is -2.29. The van der Waals surface area contributed by atoms with Gasteiger partial charge >= 0.3 is 5.97 Å². The lowest BCUT2D eigenvalue weighted by atomic mass is 9.89. The molecule has 274 valence electrons. The van der Waals surface area contributed by atoms with E-state index in [0.29, 0.717) is 52.5 Å². The highest BCUT2D eigenvalue weighted by atomic mass is 32.2. The summed E-state index contributed by atoms with van der Waals surface area (Å²) in [5.41, 5.74) is 3.63. The molecule has 1 amide bonds. The molecule has 16 heteroatoms. The number of thiazole rings is 1. The van der Waals surface area contributed by atoms with Crippen LogP contribution in [0.3, 0.4) is 0 Å². The molecule has 5 aromatic rings. The Morgan fingerprint density at radius 1 is 0.981 bits per heavy atom. The summed E-state index contributed by atoms with van der Waals surface area (Å²) in [4.78, 5) is 35.6. The van der Waals surface area contributed by atoms with Gasteiger partial charge in [0.25, 0.3) is 5.91 Å². The highest BCUT2D eigenvalue weighted by Crippen LogP contribution is 2.33. The highest BCUT2D eigenvalue weighted by Gasteiger charge is 2.25. The molecule has 14 nitrogen and oxygen atoms in total. The van der Waals surface area contributed by atoms with E-state index in [1.165, 1.54) is 30.6 Å². The van der Waals surface area contributed by atoms with E-state index in [1.54, 1.807) is 30.3 Å². The predicted molar refractivity (Wildman–Crippen MR) is 202 cm³/mol. The van der Waals surface area contributed by atoms with E-state index in [9.17, 15) is 18.0 Å². The number of aliphatic carboxylic acids is 1. The third-order valence-electron chi connectivity index (χ3n) is 9.37. The third-order valence-corrected chi connectivity index (χ3v) is 11.6. The van der Waals surface area contributed by atoms with Crippen LogP contribution in [0.4, 0.5) is 22.6 Å². The topological polar surface area (TPSA) is 185 Å². The minimum Gasteiger partial charge on any atom is -0.481 e. The van der Waals surface area contributed by atoms with E-state index in [4.69, 9.17) is 10.1 Å². The molecule has 52 heavy (non-hydrogen) atoms. The van der Waals surface area contributed by atoms with Gasteiger partial charge in [-0.2, -0.15) is 5.10 Å². The van der Waals surface area contributed by atoms with Gasteiger partial charge in [0.15, 0.2) is 16.8 Å². The van der Waals surface area contributed by atoms with Crippen molar-refractivity contribution in [3.8, 4) is 11.1 Å². The van der Waals surface area contributed by atoms with E-state index < -0.39 is 21.9 Å². The average molecular weight is 746 g/mol. The first kappa shape index (κ1) is 36.8. The van der Waals surface area contributed by atoms with Crippen molar-refractivity contribution in [2.24, 2.45) is 5.92 Å². The van der Waals surface area contributed by atoms with Crippen LogP contribution in [-0.4, -0.2) is 68.1 Å². The lowest BCUT2D eigenvalue weighted by Crippen LogP contribution is -2.33. The number of unbranched alkanes of at least 4 members (excludes halogenated alkanes) is 2. The van der Waals surface area contributed by atoms with Crippen molar-refractivity contribution in [2.75, 3.05) is 23.0 Å². The lowest BCUT2D eigenvalue weighted by Gasteiger charge is -2.22. The number of pyridine rings is 1. The molecule has 4 heterocycles. The Bertz CT molecular complexity index is 2140. The number of rotatable bonds is 15. The lowest BCUT2D eigenvalue weighted by molar-refractivity contribution is -0.137. The monoisotopic (exact) mass is 745 g/mol. The summed E-state index contributed by atoms with van der Waals surface area (Å²) in [5, 5.41) is 26.3. The van der Waals surface area contributed by atoms with E-state index in [1.807, 2.05) is 48.9 Å². The van der Waals surface area contributed by atoms with Crippen LogP contribution in [0.2, 0.25) is 0 Å². The van der Waals surface area contributed by atoms with Gasteiger partial charge in [0, 0.05) is 36.8 Å². The van der Waals surface area contributed by atoms with Crippen LogP contribution >= 0.6 is 11.3 Å². The third kappa shape index (κ3) is 8.91. The number of aromatic nitrogens is 6. The van der Waals surface area contributed by atoms with Crippen molar-refractivity contribution in [1.29, 1.82) is 0 Å². The van der Waals surface area contributed by atoms with Crippen molar-refractivity contribution < 1.29 is 23.1 Å². The van der Waals surface area contributed by atoms with Gasteiger partial charge < -0.3 is 15.3 Å². The Kier molecular flexibility index (Phi) is 11.4. The normalized spacial score (nSPS) is 13.7. The van der Waals surface area contributed by atoms with Crippen LogP contribution < -0.4 is 14.9 Å². The summed E-state index contributed by atoms with van der Waals surface area (Å²) in [6, 6.07) is 13.2. The quantitative estimate of drug-likeness (QED) is 0.0959. The smallest absolute Gasteiger partial charge is 0.303 e. The number of aryl methyl sites for hydroxylation is 1. The molecule has 1 saturated carbocycles. The first-order chi connectivity index (χ1) is 25.0. The number of hydrogen-bond acceptors (Lipinski definition) is 12. The van der Waals surface area contributed by atoms with Gasteiger partial charge in [-0.1, -0.05) is 49.2 Å². The van der Waals surface area contributed by atoms with Gasteiger partial charge in [0.05, 0.1) is 22.2 Å². The number of para-hydroxylation sites is 1. The molecule has 4 aromatic heterocycles. The number of carbonyl (C=O) groups is 2. The molecule has 0 bridgehead atoms. The second-order valence-corrected chi connectivity index (χ2v) is 16.1. The second-order valence-electron chi connectivity index (χ2n) is 13.3. The number of benzene rings is 1. The minimum absolute atomic E-state index is 0.0416. The van der Waals surface area contributed by atoms with Gasteiger partial charge in [-0.05, 0) is 81.3 Å². The summed E-state index contributed by atoms with van der Waals surface area (Å²) >= 11 is 1.52. The number of carboxylic acids is 1. The standard InChI is InChI=1S/C36H43N9O5S2/c1-23-20-31(41-42-34(23)40-36-38-28-14-9-10-15-29(28)51-36)44(3)30-18-17-26(27-21-37-45(24(27)2)22-25-12-6-4-7-13-25)33(39-30)35(48)43-52(49,50)19-11-5-8-16-32(46)47/h9-10,14-15,17-18,20-21,25H,4-8,11-13,16,19,22H2,1-3H3,(H,43,48)(H,46,47)(H,38,40,42). The van der Waals surface area contributed by atoms with E-state index >= 15 is 0 Å². The number of sulfonamides is 1. The van der Waals surface area contributed by atoms with Crippen LogP contribution in [0.1, 0.15) is 79.5 Å². The highest BCUT2D eigenvalue weighted by molar-refractivity contribution is 7.90. The van der Waals surface area contributed by atoms with Crippen LogP contribution in [0, 0.1) is 19.8 Å². The van der Waals surface area contributed by atoms with Crippen molar-refractivity contribution in [2.45, 2.75) is 78.2 Å². The van der Waals surface area contributed by atoms with E-state index in [2.05, 4.69) is 30.3 Å². The van der Waals surface area contributed by atoms with Gasteiger partial charge in [0.1, 0.15) is 11.5 Å². The maximum absolute atomic E-state index is 13.8. The fourth-order valence-corrected chi connectivity index (χ4v) is 8.35. The van der Waals surface area contributed by atoms with Crippen molar-refractivity contribution in [3.05, 3.63) is 65.6 Å². The molecule has 0 aliphatic heterocycles. The van der Waals surface area contributed by atoms with Crippen LogP contribution in [0.15, 0.2) is 48.7 Å². The molecule has 0 atom stereocenters. The maximum atomic E-state index is 13.8. The molecular weight excluding hydrogens is 703 g/mol. The van der Waals surface area contributed by atoms with Gasteiger partial charge in [-0.15, -0.1) is 10.2 Å². The fourth-order valence-electron chi connectivity index (χ4n) is 6.42. The fraction of sp³-hybridized carbons (Fsp3) is 0.417. The average Bonchev–Trinajstić information content (AvgIpc) is 3.70. The van der Waals surface area contributed by atoms with Crippen LogP contribution in [0.25, 0.3) is 21.3 Å². The summed E-state index contributed by atoms with van der Waals surface area (Å²) < 4.78 is 31.2.